The molecule has 28 heavy (non-hydrogen) atoms. The topological polar surface area (TPSA) is 78.1 Å². The number of nitrogens with one attached hydrogen (secondary N) is 2. The molecule has 0 spiro atoms. The Morgan fingerprint density at radius 1 is 1.14 bits per heavy atom. The zero-order valence-electron chi connectivity index (χ0n) is 15.7. The normalized spacial score (nSPS) is 12.7. The van der Waals surface area contributed by atoms with Gasteiger partial charge in [0.05, 0.1) is 18.6 Å². The zero-order chi connectivity index (χ0) is 19.5. The Morgan fingerprint density at radius 3 is 2.64 bits per heavy atom. The predicted molar refractivity (Wildman–Crippen MR) is 108 cm³/mol. The van der Waals surface area contributed by atoms with Crippen molar-refractivity contribution in [1.29, 1.82) is 0 Å². The lowest BCUT2D eigenvalue weighted by atomic mass is 10.0. The van der Waals surface area contributed by atoms with Crippen molar-refractivity contribution in [3.05, 3.63) is 71.8 Å². The van der Waals surface area contributed by atoms with E-state index in [2.05, 4.69) is 21.4 Å². The first kappa shape index (κ1) is 18.0. The van der Waals surface area contributed by atoms with Crippen LogP contribution in [0.2, 0.25) is 0 Å². The number of anilines is 1. The number of carbonyl (C=O) groups is 2. The summed E-state index contributed by atoms with van der Waals surface area (Å²) in [6.07, 6.45) is 4.67. The summed E-state index contributed by atoms with van der Waals surface area (Å²) in [6.45, 7) is 3.06. The van der Waals surface area contributed by atoms with Gasteiger partial charge >= 0.3 is 0 Å². The maximum absolute atomic E-state index is 12.3. The smallest absolute Gasteiger partial charge is 0.251 e. The molecule has 142 valence electrons. The van der Waals surface area contributed by atoms with Gasteiger partial charge < -0.3 is 15.2 Å². The number of aromatic nitrogens is 2. The molecule has 1 aliphatic rings. The first-order valence-electron chi connectivity index (χ1n) is 9.45. The van der Waals surface area contributed by atoms with E-state index in [0.717, 1.165) is 35.5 Å². The van der Waals surface area contributed by atoms with Crippen molar-refractivity contribution >= 4 is 17.5 Å². The number of H-pyrrole nitrogens is 1. The second kappa shape index (κ2) is 7.68. The van der Waals surface area contributed by atoms with Crippen LogP contribution in [-0.2, 0) is 17.8 Å². The van der Waals surface area contributed by atoms with Crippen LogP contribution in [0.25, 0.3) is 11.1 Å². The molecule has 0 aliphatic carbocycles. The summed E-state index contributed by atoms with van der Waals surface area (Å²) in [5.74, 6) is 0.0424. The predicted octanol–water partition coefficient (Wildman–Crippen LogP) is 3.31. The highest BCUT2D eigenvalue weighted by Gasteiger charge is 2.23. The molecule has 2 heterocycles. The Bertz CT molecular complexity index is 994. The van der Waals surface area contributed by atoms with Crippen molar-refractivity contribution in [2.75, 3.05) is 11.4 Å². The lowest BCUT2D eigenvalue weighted by Crippen LogP contribution is -2.27. The van der Waals surface area contributed by atoms with E-state index in [9.17, 15) is 9.59 Å². The molecule has 0 bridgehead atoms. The van der Waals surface area contributed by atoms with Crippen LogP contribution in [0, 0.1) is 0 Å². The first-order valence-corrected chi connectivity index (χ1v) is 9.45. The Hall–Kier alpha value is -3.41. The molecule has 0 fully saturated rings. The number of nitrogens with zero attached hydrogens (tertiary/aromatic N) is 2. The number of fused-ring (bicyclic) bond motifs is 1. The molecule has 0 atom stereocenters. The average Bonchev–Trinajstić information content (AvgIpc) is 3.41. The van der Waals surface area contributed by atoms with Gasteiger partial charge in [-0.15, -0.1) is 0 Å². The minimum absolute atomic E-state index is 0.121. The molecule has 0 radical (unpaired) electrons. The number of aromatic amines is 1. The number of benzene rings is 2. The molecule has 6 nitrogen and oxygen atoms in total. The highest BCUT2D eigenvalue weighted by atomic mass is 16.2. The molecule has 0 saturated heterocycles. The molecule has 2 N–H and O–H groups in total. The van der Waals surface area contributed by atoms with Gasteiger partial charge in [-0.1, -0.05) is 25.1 Å². The summed E-state index contributed by atoms with van der Waals surface area (Å²) in [5.41, 5.74) is 5.83. The molecule has 2 aromatic carbocycles. The highest BCUT2D eigenvalue weighted by molar-refractivity contribution is 5.96. The van der Waals surface area contributed by atoms with Gasteiger partial charge in [-0.05, 0) is 47.4 Å². The van der Waals surface area contributed by atoms with E-state index in [-0.39, 0.29) is 11.8 Å². The van der Waals surface area contributed by atoms with E-state index in [1.165, 1.54) is 5.56 Å². The van der Waals surface area contributed by atoms with Gasteiger partial charge in [-0.25, -0.2) is 4.98 Å². The Balaban J connectivity index is 1.47. The lowest BCUT2D eigenvalue weighted by molar-refractivity contribution is -0.118. The molecule has 4 rings (SSSR count). The van der Waals surface area contributed by atoms with Crippen LogP contribution in [0.5, 0.6) is 0 Å². The first-order chi connectivity index (χ1) is 13.7. The maximum Gasteiger partial charge on any atom is 0.251 e. The van der Waals surface area contributed by atoms with Gasteiger partial charge in [0.1, 0.15) is 0 Å². The van der Waals surface area contributed by atoms with Gasteiger partial charge in [-0.2, -0.15) is 0 Å². The number of imidazole rings is 1. The van der Waals surface area contributed by atoms with Gasteiger partial charge in [-0.3, -0.25) is 9.59 Å². The van der Waals surface area contributed by atoms with E-state index in [1.54, 1.807) is 12.5 Å². The van der Waals surface area contributed by atoms with Crippen LogP contribution >= 0.6 is 0 Å². The minimum Gasteiger partial charge on any atom is -0.347 e. The number of hydrogen-bond acceptors (Lipinski definition) is 3. The van der Waals surface area contributed by atoms with Crippen LogP contribution in [0.3, 0.4) is 0 Å². The summed E-state index contributed by atoms with van der Waals surface area (Å²) in [6, 6.07) is 13.8. The minimum atomic E-state index is -0.121. The second-order valence-electron chi connectivity index (χ2n) is 6.83. The van der Waals surface area contributed by atoms with Crippen LogP contribution in [0.1, 0.15) is 35.0 Å². The lowest BCUT2D eigenvalue weighted by Gasteiger charge is -2.16. The van der Waals surface area contributed by atoms with E-state index in [4.69, 9.17) is 0 Å². The Morgan fingerprint density at radius 2 is 1.93 bits per heavy atom. The standard InChI is InChI=1S/C22H22N4O2/c1-2-21(27)26-10-9-18-11-17(7-8-20(18)26)15-3-5-16(6-4-15)22(28)24-13-19-12-23-14-25-19/h3-8,11-12,14H,2,9-10,13H2,1H3,(H,23,25)(H,24,28). The number of hydrogen-bond donors (Lipinski definition) is 2. The quantitative estimate of drug-likeness (QED) is 0.719. The molecule has 0 saturated carbocycles. The molecule has 1 aliphatic heterocycles. The highest BCUT2D eigenvalue weighted by Crippen LogP contribution is 2.32. The van der Waals surface area contributed by atoms with E-state index >= 15 is 0 Å². The fourth-order valence-electron chi connectivity index (χ4n) is 3.50. The average molecular weight is 374 g/mol. The maximum atomic E-state index is 12.3. The fourth-order valence-corrected chi connectivity index (χ4v) is 3.50. The third-order valence-corrected chi connectivity index (χ3v) is 5.05. The second-order valence-corrected chi connectivity index (χ2v) is 6.83. The largest absolute Gasteiger partial charge is 0.347 e. The number of amides is 2. The van der Waals surface area contributed by atoms with Crippen molar-refractivity contribution in [2.24, 2.45) is 0 Å². The van der Waals surface area contributed by atoms with Crippen molar-refractivity contribution in [1.82, 2.24) is 15.3 Å². The zero-order valence-corrected chi connectivity index (χ0v) is 15.7. The van der Waals surface area contributed by atoms with Gasteiger partial charge in [0.15, 0.2) is 0 Å². The fraction of sp³-hybridized carbons (Fsp3) is 0.227. The third kappa shape index (κ3) is 3.53. The van der Waals surface area contributed by atoms with E-state index < -0.39 is 0 Å². The third-order valence-electron chi connectivity index (χ3n) is 5.05. The molecular weight excluding hydrogens is 352 g/mol. The summed E-state index contributed by atoms with van der Waals surface area (Å²) >= 11 is 0. The number of carbonyl (C=O) groups excluding carboxylic acids is 2. The summed E-state index contributed by atoms with van der Waals surface area (Å²) in [4.78, 5) is 33.1. The number of rotatable bonds is 5. The molecule has 6 heteroatoms. The van der Waals surface area contributed by atoms with Crippen molar-refractivity contribution in [3.8, 4) is 11.1 Å². The molecule has 3 aromatic rings. The summed E-state index contributed by atoms with van der Waals surface area (Å²) in [5, 5.41) is 2.87. The van der Waals surface area contributed by atoms with Crippen molar-refractivity contribution in [3.63, 3.8) is 0 Å². The Labute approximate surface area is 163 Å². The summed E-state index contributed by atoms with van der Waals surface area (Å²) in [7, 11) is 0. The SMILES string of the molecule is CCC(=O)N1CCc2cc(-c3ccc(C(=O)NCc4cnc[nH]4)cc3)ccc21. The Kier molecular flexibility index (Phi) is 4.93. The van der Waals surface area contributed by atoms with Crippen LogP contribution < -0.4 is 10.2 Å². The van der Waals surface area contributed by atoms with Gasteiger partial charge in [0, 0.05) is 30.4 Å². The molecule has 0 unspecified atom stereocenters. The van der Waals surface area contributed by atoms with Crippen LogP contribution in [0.4, 0.5) is 5.69 Å². The molecule has 2 amide bonds. The van der Waals surface area contributed by atoms with Crippen LogP contribution in [-0.4, -0.2) is 28.3 Å². The molecule has 1 aromatic heterocycles. The van der Waals surface area contributed by atoms with E-state index in [0.29, 0.717) is 18.5 Å². The molecular formula is C22H22N4O2. The monoisotopic (exact) mass is 374 g/mol. The van der Waals surface area contributed by atoms with Gasteiger partial charge in [0.2, 0.25) is 5.91 Å². The van der Waals surface area contributed by atoms with Crippen molar-refractivity contribution in [2.45, 2.75) is 26.3 Å². The summed E-state index contributed by atoms with van der Waals surface area (Å²) < 4.78 is 0. The van der Waals surface area contributed by atoms with Crippen molar-refractivity contribution < 1.29 is 9.59 Å². The van der Waals surface area contributed by atoms with Gasteiger partial charge in [0.25, 0.3) is 5.91 Å². The van der Waals surface area contributed by atoms with Crippen LogP contribution in [0.15, 0.2) is 55.0 Å². The van der Waals surface area contributed by atoms with E-state index in [1.807, 2.05) is 48.2 Å².